The lowest BCUT2D eigenvalue weighted by molar-refractivity contribution is -0.135. The van der Waals surface area contributed by atoms with E-state index in [-0.39, 0.29) is 17.7 Å². The second-order valence-electron chi connectivity index (χ2n) is 11.4. The molecule has 2 aliphatic rings. The molecule has 0 bridgehead atoms. The third kappa shape index (κ3) is 4.29. The highest BCUT2D eigenvalue weighted by Crippen LogP contribution is 2.41. The van der Waals surface area contributed by atoms with E-state index in [0.29, 0.717) is 24.1 Å². The second-order valence-corrected chi connectivity index (χ2v) is 12.4. The van der Waals surface area contributed by atoms with E-state index in [9.17, 15) is 14.4 Å². The van der Waals surface area contributed by atoms with Gasteiger partial charge in [0.2, 0.25) is 5.91 Å². The number of H-pyrrole nitrogens is 1. The first-order chi connectivity index (χ1) is 18.6. The van der Waals surface area contributed by atoms with Gasteiger partial charge in [0.15, 0.2) is 0 Å². The molecule has 7 heteroatoms. The van der Waals surface area contributed by atoms with Crippen molar-refractivity contribution in [1.29, 1.82) is 0 Å². The van der Waals surface area contributed by atoms with Crippen molar-refractivity contribution in [2.24, 2.45) is 0 Å². The average Bonchev–Trinajstić information content (AvgIpc) is 3.68. The van der Waals surface area contributed by atoms with Gasteiger partial charge >= 0.3 is 0 Å². The van der Waals surface area contributed by atoms with Gasteiger partial charge < -0.3 is 9.88 Å². The summed E-state index contributed by atoms with van der Waals surface area (Å²) < 4.78 is 0. The second kappa shape index (κ2) is 9.49. The Balaban J connectivity index is 1.39. The number of thiophene rings is 1. The molecule has 4 heterocycles. The van der Waals surface area contributed by atoms with Crippen molar-refractivity contribution in [2.45, 2.75) is 52.4 Å². The Morgan fingerprint density at radius 1 is 0.949 bits per heavy atom. The van der Waals surface area contributed by atoms with Gasteiger partial charge in [-0.3, -0.25) is 19.3 Å². The van der Waals surface area contributed by atoms with Crippen molar-refractivity contribution in [3.8, 4) is 11.3 Å². The van der Waals surface area contributed by atoms with Gasteiger partial charge in [-0.2, -0.15) is 0 Å². The van der Waals surface area contributed by atoms with Crippen molar-refractivity contribution in [1.82, 2.24) is 14.8 Å². The molecule has 0 atom stereocenters. The minimum atomic E-state index is -0.630. The summed E-state index contributed by atoms with van der Waals surface area (Å²) in [6, 6.07) is 15.6. The summed E-state index contributed by atoms with van der Waals surface area (Å²) in [6.45, 7) is 10.2. The number of fused-ring (bicyclic) bond motifs is 2. The highest BCUT2D eigenvalue weighted by atomic mass is 32.1. The molecular formula is C32H33N3O3S. The van der Waals surface area contributed by atoms with Crippen LogP contribution in [0.5, 0.6) is 0 Å². The monoisotopic (exact) mass is 539 g/mol. The van der Waals surface area contributed by atoms with Gasteiger partial charge in [0.25, 0.3) is 11.8 Å². The Morgan fingerprint density at radius 2 is 1.56 bits per heavy atom. The minimum Gasteiger partial charge on any atom is -0.346 e. The third-order valence-electron chi connectivity index (χ3n) is 8.12. The Labute approximate surface area is 232 Å². The number of rotatable bonds is 6. The SMILES string of the molecule is Cc1cc(C)cc(-c2[nH]c3sc(C(C)(C)C(=O)N4CCCC4)cc3c2CCN2C(=O)c3ccccc3C2=O)c1. The highest BCUT2D eigenvalue weighted by Gasteiger charge is 2.38. The summed E-state index contributed by atoms with van der Waals surface area (Å²) in [5.41, 5.74) is 5.82. The van der Waals surface area contributed by atoms with Crippen molar-refractivity contribution in [2.75, 3.05) is 19.6 Å². The topological polar surface area (TPSA) is 73.5 Å². The molecule has 6 nitrogen and oxygen atoms in total. The predicted molar refractivity (Wildman–Crippen MR) is 155 cm³/mol. The molecule has 1 fully saturated rings. The molecular weight excluding hydrogens is 506 g/mol. The van der Waals surface area contributed by atoms with Crippen LogP contribution < -0.4 is 0 Å². The van der Waals surface area contributed by atoms with E-state index in [1.165, 1.54) is 16.0 Å². The Morgan fingerprint density at radius 3 is 2.18 bits per heavy atom. The maximum absolute atomic E-state index is 13.4. The van der Waals surface area contributed by atoms with E-state index < -0.39 is 5.41 Å². The van der Waals surface area contributed by atoms with Crippen LogP contribution in [0.2, 0.25) is 0 Å². The minimum absolute atomic E-state index is 0.172. The Hall–Kier alpha value is -3.71. The molecule has 1 N–H and O–H groups in total. The van der Waals surface area contributed by atoms with Crippen LogP contribution in [0.25, 0.3) is 21.5 Å². The fourth-order valence-electron chi connectivity index (χ4n) is 6.05. The first-order valence-corrected chi connectivity index (χ1v) is 14.4. The number of aryl methyl sites for hydroxylation is 2. The fraction of sp³-hybridized carbons (Fsp3) is 0.344. The lowest BCUT2D eigenvalue weighted by Crippen LogP contribution is -2.41. The maximum atomic E-state index is 13.4. The van der Waals surface area contributed by atoms with Crippen LogP contribution in [0.4, 0.5) is 0 Å². The number of hydrogen-bond acceptors (Lipinski definition) is 4. The first-order valence-electron chi connectivity index (χ1n) is 13.6. The van der Waals surface area contributed by atoms with Crippen LogP contribution >= 0.6 is 11.3 Å². The van der Waals surface area contributed by atoms with E-state index in [0.717, 1.165) is 57.8 Å². The van der Waals surface area contributed by atoms with Gasteiger partial charge in [-0.05, 0) is 88.4 Å². The Kier molecular flexibility index (Phi) is 6.22. The number of nitrogens with one attached hydrogen (secondary N) is 1. The molecule has 200 valence electrons. The van der Waals surface area contributed by atoms with Crippen molar-refractivity contribution in [3.05, 3.63) is 81.2 Å². The third-order valence-corrected chi connectivity index (χ3v) is 9.49. The molecule has 4 aromatic rings. The number of nitrogens with zero attached hydrogens (tertiary/aromatic N) is 2. The summed E-state index contributed by atoms with van der Waals surface area (Å²) in [5.74, 6) is -0.302. The maximum Gasteiger partial charge on any atom is 0.261 e. The van der Waals surface area contributed by atoms with Crippen LogP contribution in [0.1, 0.15) is 69.0 Å². The Bertz CT molecular complexity index is 1580. The van der Waals surface area contributed by atoms with Crippen molar-refractivity contribution < 1.29 is 14.4 Å². The molecule has 2 aliphatic heterocycles. The number of aromatic amines is 1. The number of likely N-dealkylation sites (tertiary alicyclic amines) is 1. The number of amides is 3. The van der Waals surface area contributed by atoms with Crippen LogP contribution in [0, 0.1) is 13.8 Å². The van der Waals surface area contributed by atoms with Gasteiger partial charge in [-0.15, -0.1) is 11.3 Å². The normalized spacial score (nSPS) is 15.6. The molecule has 3 amide bonds. The first kappa shape index (κ1) is 25.6. The van der Waals surface area contributed by atoms with Gasteiger partial charge in [-0.1, -0.05) is 29.3 Å². The van der Waals surface area contributed by atoms with Crippen molar-refractivity contribution in [3.63, 3.8) is 0 Å². The van der Waals surface area contributed by atoms with Crippen LogP contribution in [-0.2, 0) is 16.6 Å². The molecule has 0 aliphatic carbocycles. The van der Waals surface area contributed by atoms with E-state index in [1.54, 1.807) is 35.6 Å². The summed E-state index contributed by atoms with van der Waals surface area (Å²) in [4.78, 5) is 48.6. The summed E-state index contributed by atoms with van der Waals surface area (Å²) in [7, 11) is 0. The van der Waals surface area contributed by atoms with Crippen LogP contribution in [0.3, 0.4) is 0 Å². The number of carbonyl (C=O) groups is 3. The molecule has 0 unspecified atom stereocenters. The average molecular weight is 540 g/mol. The molecule has 0 spiro atoms. The predicted octanol–water partition coefficient (Wildman–Crippen LogP) is 6.25. The zero-order valence-electron chi connectivity index (χ0n) is 22.9. The zero-order valence-corrected chi connectivity index (χ0v) is 23.7. The van der Waals surface area contributed by atoms with E-state index in [1.807, 2.05) is 18.7 Å². The quantitative estimate of drug-likeness (QED) is 0.294. The van der Waals surface area contributed by atoms with E-state index in [2.05, 4.69) is 43.1 Å². The number of benzene rings is 2. The van der Waals surface area contributed by atoms with Gasteiger partial charge in [0.05, 0.1) is 22.2 Å². The van der Waals surface area contributed by atoms with Crippen molar-refractivity contribution >= 4 is 39.3 Å². The number of imide groups is 1. The van der Waals surface area contributed by atoms with Gasteiger partial charge in [-0.25, -0.2) is 0 Å². The molecule has 0 saturated carbocycles. The summed E-state index contributed by atoms with van der Waals surface area (Å²) in [5, 5.41) is 1.06. The number of hydrogen-bond donors (Lipinski definition) is 1. The highest BCUT2D eigenvalue weighted by molar-refractivity contribution is 7.19. The molecule has 39 heavy (non-hydrogen) atoms. The summed E-state index contributed by atoms with van der Waals surface area (Å²) >= 11 is 1.63. The number of carbonyl (C=O) groups excluding carboxylic acids is 3. The molecule has 6 rings (SSSR count). The molecule has 2 aromatic carbocycles. The lowest BCUT2D eigenvalue weighted by atomic mass is 9.89. The molecule has 1 saturated heterocycles. The zero-order chi connectivity index (χ0) is 27.5. The fourth-order valence-corrected chi connectivity index (χ4v) is 7.24. The van der Waals surface area contributed by atoms with Crippen LogP contribution in [-0.4, -0.2) is 52.1 Å². The summed E-state index contributed by atoms with van der Waals surface area (Å²) in [6.07, 6.45) is 2.65. The lowest BCUT2D eigenvalue weighted by Gasteiger charge is -2.28. The smallest absolute Gasteiger partial charge is 0.261 e. The largest absolute Gasteiger partial charge is 0.346 e. The van der Waals surface area contributed by atoms with Gasteiger partial charge in [0, 0.05) is 29.9 Å². The number of aromatic nitrogens is 1. The van der Waals surface area contributed by atoms with Crippen LogP contribution in [0.15, 0.2) is 48.5 Å². The van der Waals surface area contributed by atoms with E-state index >= 15 is 0 Å². The van der Waals surface area contributed by atoms with E-state index in [4.69, 9.17) is 0 Å². The molecule has 0 radical (unpaired) electrons. The van der Waals surface area contributed by atoms with Gasteiger partial charge in [0.1, 0.15) is 4.83 Å². The standard InChI is InChI=1S/C32H33N3O3S/c1-19-15-20(2)17-21(16-19)27-22(11-14-35-29(36)23-9-5-6-10-24(23)30(35)37)25-18-26(39-28(25)33-27)32(3,4)31(38)34-12-7-8-13-34/h5-6,9-10,15-18,33H,7-8,11-14H2,1-4H3. The molecule has 2 aromatic heterocycles.